The maximum atomic E-state index is 13.8. The van der Waals surface area contributed by atoms with E-state index in [1.807, 2.05) is 0 Å². The maximum absolute atomic E-state index is 13.8. The maximum Gasteiger partial charge on any atom is 0.320 e. The lowest BCUT2D eigenvalue weighted by Crippen LogP contribution is -2.41. The summed E-state index contributed by atoms with van der Waals surface area (Å²) in [5, 5.41) is 2.07. The second-order valence-corrected chi connectivity index (χ2v) is 30.8. The van der Waals surface area contributed by atoms with Crippen molar-refractivity contribution < 1.29 is 76.3 Å². The van der Waals surface area contributed by atoms with Crippen molar-refractivity contribution in [3.63, 3.8) is 0 Å². The number of carbonyl (C=O) groups excluding carboxylic acids is 8. The van der Waals surface area contributed by atoms with E-state index < -0.39 is 92.6 Å². The van der Waals surface area contributed by atoms with Crippen LogP contribution in [0, 0.1) is 0 Å². The Labute approximate surface area is 531 Å². The van der Waals surface area contributed by atoms with Crippen molar-refractivity contribution >= 4 is 59.1 Å². The minimum absolute atomic E-state index is 0.0732. The molecule has 89 heavy (non-hydrogen) atoms. The molecule has 0 atom stereocenters. The third-order valence-corrected chi connectivity index (χ3v) is 11.8. The molecule has 0 saturated heterocycles. The fraction of sp³-hybridized carbons (Fsp3) is 0.677. The highest BCUT2D eigenvalue weighted by atomic mass is 32.1. The number of carbonyl (C=O) groups is 8. The molecule has 0 spiro atoms. The van der Waals surface area contributed by atoms with Gasteiger partial charge in [0.05, 0.1) is 58.1 Å². The zero-order valence-electron chi connectivity index (χ0n) is 57.4. The van der Waals surface area contributed by atoms with Gasteiger partial charge in [-0.1, -0.05) is 0 Å². The third kappa shape index (κ3) is 32.2. The highest BCUT2D eigenvalue weighted by Gasteiger charge is 2.33. The molecule has 0 aliphatic heterocycles. The van der Waals surface area contributed by atoms with Crippen molar-refractivity contribution in [3.05, 3.63) is 52.2 Å². The summed E-state index contributed by atoms with van der Waals surface area (Å²) >= 11 is 1.18. The second kappa shape index (κ2) is 31.0. The van der Waals surface area contributed by atoms with E-state index in [0.29, 0.717) is 38.6 Å². The van der Waals surface area contributed by atoms with E-state index in [1.165, 1.54) is 17.5 Å². The van der Waals surface area contributed by atoms with Crippen LogP contribution in [0.25, 0.3) is 22.1 Å². The fourth-order valence-corrected chi connectivity index (χ4v) is 9.49. The van der Waals surface area contributed by atoms with E-state index in [-0.39, 0.29) is 84.2 Å². The number of rotatable bonds is 26. The minimum Gasteiger partial charge on any atom is -0.459 e. The molecule has 0 unspecified atom stereocenters. The van der Waals surface area contributed by atoms with Crippen LogP contribution in [0.2, 0.25) is 0 Å². The van der Waals surface area contributed by atoms with Crippen molar-refractivity contribution in [2.75, 3.05) is 52.4 Å². The van der Waals surface area contributed by atoms with Gasteiger partial charge in [0.2, 0.25) is 0 Å². The molecule has 0 aliphatic rings. The highest BCUT2D eigenvalue weighted by molar-refractivity contribution is 7.13. The molecule has 0 amide bonds. The predicted molar refractivity (Wildman–Crippen MR) is 336 cm³/mol. The van der Waals surface area contributed by atoms with Gasteiger partial charge in [-0.15, -0.1) is 11.3 Å². The molecule has 498 valence electrons. The van der Waals surface area contributed by atoms with Gasteiger partial charge in [-0.2, -0.15) is 0 Å². The van der Waals surface area contributed by atoms with Crippen LogP contribution in [-0.2, 0) is 102 Å². The smallest absolute Gasteiger partial charge is 0.320 e. The van der Waals surface area contributed by atoms with E-state index in [9.17, 15) is 38.4 Å². The molecule has 0 radical (unpaired) electrons. The molecule has 3 aromatic heterocycles. The zero-order valence-corrected chi connectivity index (χ0v) is 58.3. The number of ether oxygens (including phenoxy) is 8. The Bertz CT molecular complexity index is 2630. The number of pyridine rings is 2. The summed E-state index contributed by atoms with van der Waals surface area (Å²) in [6, 6.07) is 3.41. The number of hydrogen-bond donors (Lipinski definition) is 0. The van der Waals surface area contributed by atoms with Gasteiger partial charge < -0.3 is 37.9 Å². The van der Waals surface area contributed by atoms with Gasteiger partial charge in [0.25, 0.3) is 0 Å². The van der Waals surface area contributed by atoms with Crippen molar-refractivity contribution in [2.45, 2.75) is 237 Å². The molecule has 0 bridgehead atoms. The summed E-state index contributed by atoms with van der Waals surface area (Å²) in [5.41, 5.74) is -4.19. The van der Waals surface area contributed by atoms with E-state index in [0.717, 1.165) is 0 Å². The van der Waals surface area contributed by atoms with Crippen LogP contribution < -0.4 is 0 Å². The average molecular weight is 1270 g/mol. The monoisotopic (exact) mass is 1270 g/mol. The van der Waals surface area contributed by atoms with Crippen LogP contribution in [0.1, 0.15) is 188 Å². The Morgan fingerprint density at radius 3 is 0.787 bits per heavy atom. The third-order valence-electron chi connectivity index (χ3n) is 11.0. The van der Waals surface area contributed by atoms with Gasteiger partial charge >= 0.3 is 47.8 Å². The van der Waals surface area contributed by atoms with Crippen molar-refractivity contribution in [2.24, 2.45) is 0 Å². The summed E-state index contributed by atoms with van der Waals surface area (Å²) in [7, 11) is 0. The lowest BCUT2D eigenvalue weighted by Gasteiger charge is -2.29. The summed E-state index contributed by atoms with van der Waals surface area (Å²) in [6.07, 6.45) is 3.08. The van der Waals surface area contributed by atoms with Crippen LogP contribution in [0.4, 0.5) is 0 Å². The molecule has 0 aromatic carbocycles. The first-order valence-corrected chi connectivity index (χ1v) is 30.7. The Kier molecular flexibility index (Phi) is 26.8. The minimum atomic E-state index is -0.888. The summed E-state index contributed by atoms with van der Waals surface area (Å²) < 4.78 is 46.0. The average Bonchev–Trinajstić information content (AvgIpc) is 1.78. The van der Waals surface area contributed by atoms with Gasteiger partial charge in [-0.3, -0.25) is 67.9 Å². The van der Waals surface area contributed by atoms with Gasteiger partial charge in [-0.25, -0.2) is 4.98 Å². The van der Waals surface area contributed by atoms with Crippen LogP contribution in [0.15, 0.2) is 29.9 Å². The second-order valence-electron chi connectivity index (χ2n) is 29.9. The van der Waals surface area contributed by atoms with Crippen LogP contribution in [-0.4, -0.2) is 179 Å². The number of esters is 8. The molecule has 23 nitrogen and oxygen atoms in total. The van der Waals surface area contributed by atoms with E-state index in [1.54, 1.807) is 209 Å². The highest BCUT2D eigenvalue weighted by Crippen LogP contribution is 2.35. The molecule has 24 heteroatoms. The van der Waals surface area contributed by atoms with E-state index in [4.69, 9.17) is 52.8 Å². The van der Waals surface area contributed by atoms with Gasteiger partial charge in [0.1, 0.15) is 61.2 Å². The van der Waals surface area contributed by atoms with Crippen molar-refractivity contribution in [3.8, 4) is 22.1 Å². The fourth-order valence-electron chi connectivity index (χ4n) is 8.66. The van der Waals surface area contributed by atoms with E-state index >= 15 is 0 Å². The molecular formula is C65H101N7O16S. The van der Waals surface area contributed by atoms with Crippen molar-refractivity contribution in [1.82, 2.24) is 34.6 Å². The standard InChI is InChI=1S/C65H101N7O16S/c1-58(2,3)81-47(73)33-69(34-48(74)82-59(4,5)6)29-42-25-27-66-55(44(42)31-71(37-51(77)85-62(13,14)15)38-52(78)86-63(16,17)18)46-41-89-57(68-46)56-45(32-72(39-53(79)87-64(19,20)21)40-54(80)88-65(22,23)24)43(26-28-67-56)30-70(35-49(75)83-60(7,8)9)36-50(76)84-61(10,11)12/h25-28,41H,29-40H2,1-24H3. The SMILES string of the molecule is CC(C)(C)OC(=O)CN(CC(=O)OC(C)(C)C)Cc1ccnc(-c2csc(-c3nccc(CN(CC(=O)OC(C)(C)C)CC(=O)OC(C)(C)C)c3CN(CC(=O)OC(C)(C)C)CC(=O)OC(C)(C)C)n2)c1CN(CC(=O)OC(C)(C)C)CC(=O)OC(C)(C)C. The first-order chi connectivity index (χ1) is 40.3. The summed E-state index contributed by atoms with van der Waals surface area (Å²) in [5.74, 6) is -5.00. The zero-order chi connectivity index (χ0) is 68.1. The van der Waals surface area contributed by atoms with Crippen LogP contribution >= 0.6 is 11.3 Å². The molecule has 3 heterocycles. The summed E-state index contributed by atoms with van der Waals surface area (Å²) in [4.78, 5) is 131. The number of hydrogen-bond acceptors (Lipinski definition) is 24. The molecule has 0 saturated carbocycles. The number of nitrogens with zero attached hydrogens (tertiary/aromatic N) is 7. The van der Waals surface area contributed by atoms with Crippen LogP contribution in [0.5, 0.6) is 0 Å². The lowest BCUT2D eigenvalue weighted by molar-refractivity contribution is -0.162. The van der Waals surface area contributed by atoms with Gasteiger partial charge in [0, 0.05) is 44.0 Å². The van der Waals surface area contributed by atoms with Gasteiger partial charge in [0.15, 0.2) is 0 Å². The largest absolute Gasteiger partial charge is 0.459 e. The molecule has 0 aliphatic carbocycles. The molecule has 0 fully saturated rings. The topological polar surface area (TPSA) is 262 Å². The Morgan fingerprint density at radius 2 is 0.551 bits per heavy atom. The molecule has 0 N–H and O–H groups in total. The number of thiazole rings is 1. The molecule has 3 rings (SSSR count). The van der Waals surface area contributed by atoms with Gasteiger partial charge in [-0.05, 0) is 201 Å². The predicted octanol–water partition coefficient (Wildman–Crippen LogP) is 9.21. The summed E-state index contributed by atoms with van der Waals surface area (Å²) in [6.45, 7) is 38.2. The normalized spacial score (nSPS) is 12.9. The Balaban J connectivity index is 2.52. The number of aromatic nitrogens is 3. The quantitative estimate of drug-likeness (QED) is 0.0535. The first kappa shape index (κ1) is 76.8. The van der Waals surface area contributed by atoms with E-state index in [2.05, 4.69) is 0 Å². The molecular weight excluding hydrogens is 1170 g/mol. The first-order valence-electron chi connectivity index (χ1n) is 29.8. The lowest BCUT2D eigenvalue weighted by atomic mass is 10.0. The van der Waals surface area contributed by atoms with Crippen LogP contribution in [0.3, 0.4) is 0 Å². The Hall–Kier alpha value is -6.47. The Morgan fingerprint density at radius 1 is 0.337 bits per heavy atom. The molecule has 3 aromatic rings. The van der Waals surface area contributed by atoms with Crippen molar-refractivity contribution in [1.29, 1.82) is 0 Å².